The highest BCUT2D eigenvalue weighted by molar-refractivity contribution is 8.00. The molecule has 0 unspecified atom stereocenters. The smallest absolute Gasteiger partial charge is 0.231 e. The highest BCUT2D eigenvalue weighted by Gasteiger charge is 2.17. The molecule has 0 radical (unpaired) electrons. The molecule has 0 saturated carbocycles. The quantitative estimate of drug-likeness (QED) is 0.383. The van der Waals surface area contributed by atoms with Gasteiger partial charge in [-0.05, 0) is 22.6 Å². The molecule has 4 aromatic rings. The van der Waals surface area contributed by atoms with Crippen LogP contribution in [0.3, 0.4) is 0 Å². The number of thiophene rings is 1. The number of rotatable bonds is 6. The molecule has 27 heavy (non-hydrogen) atoms. The van der Waals surface area contributed by atoms with Gasteiger partial charge in [0.1, 0.15) is 16.2 Å². The lowest BCUT2D eigenvalue weighted by Gasteiger charge is -2.19. The van der Waals surface area contributed by atoms with Gasteiger partial charge in [-0.2, -0.15) is 0 Å². The van der Waals surface area contributed by atoms with Crippen LogP contribution in [0.5, 0.6) is 0 Å². The number of hydrogen-bond acceptors (Lipinski definition) is 5. The van der Waals surface area contributed by atoms with Crippen LogP contribution < -0.4 is 5.32 Å². The first-order valence-electron chi connectivity index (χ1n) is 8.51. The van der Waals surface area contributed by atoms with E-state index < -0.39 is 0 Å². The lowest BCUT2D eigenvalue weighted by Crippen LogP contribution is -2.30. The molecule has 4 rings (SSSR count). The fourth-order valence-electron chi connectivity index (χ4n) is 2.87. The second kappa shape index (κ2) is 8.33. The van der Waals surface area contributed by atoms with Crippen molar-refractivity contribution < 1.29 is 4.79 Å². The summed E-state index contributed by atoms with van der Waals surface area (Å²) in [4.78, 5) is 22.2. The van der Waals surface area contributed by atoms with E-state index in [2.05, 4.69) is 15.3 Å². The second-order valence-corrected chi connectivity index (χ2v) is 7.79. The van der Waals surface area contributed by atoms with Crippen LogP contribution in [0, 0.1) is 0 Å². The van der Waals surface area contributed by atoms with Crippen LogP contribution >= 0.6 is 23.1 Å². The topological polar surface area (TPSA) is 54.9 Å². The molecule has 0 fully saturated rings. The highest BCUT2D eigenvalue weighted by atomic mass is 32.2. The van der Waals surface area contributed by atoms with E-state index in [0.29, 0.717) is 5.75 Å². The minimum atomic E-state index is -0.174. The van der Waals surface area contributed by atoms with Crippen LogP contribution in [-0.4, -0.2) is 21.6 Å². The minimum Gasteiger partial charge on any atom is -0.344 e. The van der Waals surface area contributed by atoms with Crippen molar-refractivity contribution in [2.24, 2.45) is 0 Å². The maximum absolute atomic E-state index is 12.7. The molecule has 0 bridgehead atoms. The minimum absolute atomic E-state index is 0.0281. The molecule has 0 spiro atoms. The Morgan fingerprint density at radius 3 is 2.30 bits per heavy atom. The fraction of sp³-hybridized carbons (Fsp3) is 0.0952. The average Bonchev–Trinajstić information content (AvgIpc) is 3.21. The Kier molecular flexibility index (Phi) is 5.46. The van der Waals surface area contributed by atoms with Gasteiger partial charge in [-0.15, -0.1) is 11.3 Å². The van der Waals surface area contributed by atoms with Gasteiger partial charge in [-0.1, -0.05) is 72.4 Å². The van der Waals surface area contributed by atoms with Gasteiger partial charge in [0.2, 0.25) is 5.91 Å². The highest BCUT2D eigenvalue weighted by Crippen LogP contribution is 2.28. The summed E-state index contributed by atoms with van der Waals surface area (Å²) in [6.45, 7) is 0. The molecule has 0 aliphatic rings. The number of nitrogens with zero attached hydrogens (tertiary/aromatic N) is 2. The molecule has 0 atom stereocenters. The van der Waals surface area contributed by atoms with Crippen LogP contribution in [0.4, 0.5) is 0 Å². The zero-order valence-corrected chi connectivity index (χ0v) is 16.0. The van der Waals surface area contributed by atoms with Gasteiger partial charge in [0.25, 0.3) is 0 Å². The molecular weight excluding hydrogens is 374 g/mol. The molecule has 1 amide bonds. The van der Waals surface area contributed by atoms with E-state index in [1.54, 1.807) is 17.7 Å². The summed E-state index contributed by atoms with van der Waals surface area (Å²) < 4.78 is 0. The first kappa shape index (κ1) is 17.7. The van der Waals surface area contributed by atoms with E-state index in [0.717, 1.165) is 26.4 Å². The van der Waals surface area contributed by atoms with Gasteiger partial charge in [0, 0.05) is 5.39 Å². The number of thioether (sulfide) groups is 1. The van der Waals surface area contributed by atoms with E-state index in [-0.39, 0.29) is 11.9 Å². The Hall–Kier alpha value is -2.70. The predicted octanol–water partition coefficient (Wildman–Crippen LogP) is 4.69. The zero-order valence-electron chi connectivity index (χ0n) is 14.4. The molecule has 0 saturated heterocycles. The van der Waals surface area contributed by atoms with Crippen LogP contribution in [0.1, 0.15) is 17.2 Å². The van der Waals surface area contributed by atoms with E-state index in [9.17, 15) is 4.79 Å². The Morgan fingerprint density at radius 2 is 1.63 bits per heavy atom. The molecule has 0 aliphatic carbocycles. The van der Waals surface area contributed by atoms with Crippen molar-refractivity contribution >= 4 is 39.2 Å². The summed E-state index contributed by atoms with van der Waals surface area (Å²) >= 11 is 3.01. The van der Waals surface area contributed by atoms with Crippen molar-refractivity contribution in [2.45, 2.75) is 11.1 Å². The number of nitrogens with one attached hydrogen (secondary N) is 1. The first-order chi connectivity index (χ1) is 13.3. The van der Waals surface area contributed by atoms with Gasteiger partial charge in [0.15, 0.2) is 0 Å². The van der Waals surface area contributed by atoms with Crippen molar-refractivity contribution in [3.05, 3.63) is 89.6 Å². The molecule has 4 nitrogen and oxygen atoms in total. The van der Waals surface area contributed by atoms with Crippen LogP contribution in [0.25, 0.3) is 10.2 Å². The van der Waals surface area contributed by atoms with Crippen LogP contribution in [0.15, 0.2) is 83.5 Å². The summed E-state index contributed by atoms with van der Waals surface area (Å²) in [6.07, 6.45) is 1.55. The van der Waals surface area contributed by atoms with Crippen LogP contribution in [-0.2, 0) is 4.79 Å². The van der Waals surface area contributed by atoms with E-state index in [1.165, 1.54) is 11.8 Å². The number of carbonyl (C=O) groups excluding carboxylic acids is 1. The molecule has 2 aromatic heterocycles. The molecule has 2 aromatic carbocycles. The average molecular weight is 392 g/mol. The lowest BCUT2D eigenvalue weighted by molar-refractivity contribution is -0.119. The Balaban J connectivity index is 1.50. The number of aromatic nitrogens is 2. The second-order valence-electron chi connectivity index (χ2n) is 5.93. The first-order valence-corrected chi connectivity index (χ1v) is 10.4. The standard InChI is InChI=1S/C21H17N3OS2/c25-18(13-27-21-17-11-12-26-20(17)22-14-23-21)24-19(15-7-3-1-4-8-15)16-9-5-2-6-10-16/h1-12,14,19H,13H2,(H,24,25). The van der Waals surface area contributed by atoms with Crippen molar-refractivity contribution in [1.29, 1.82) is 0 Å². The third-order valence-corrected chi connectivity index (χ3v) is 5.96. The summed E-state index contributed by atoms with van der Waals surface area (Å²) in [5, 5.41) is 6.99. The van der Waals surface area contributed by atoms with Gasteiger partial charge < -0.3 is 5.32 Å². The van der Waals surface area contributed by atoms with Gasteiger partial charge in [-0.25, -0.2) is 9.97 Å². The number of hydrogen-bond donors (Lipinski definition) is 1. The monoisotopic (exact) mass is 391 g/mol. The number of benzene rings is 2. The predicted molar refractivity (Wildman–Crippen MR) is 111 cm³/mol. The molecule has 2 heterocycles. The fourth-order valence-corrected chi connectivity index (χ4v) is 4.46. The van der Waals surface area contributed by atoms with Crippen molar-refractivity contribution in [3.8, 4) is 0 Å². The number of carbonyl (C=O) groups is 1. The van der Waals surface area contributed by atoms with Gasteiger partial charge in [0.05, 0.1) is 11.8 Å². The van der Waals surface area contributed by atoms with Crippen molar-refractivity contribution in [3.63, 3.8) is 0 Å². The maximum atomic E-state index is 12.7. The summed E-state index contributed by atoms with van der Waals surface area (Å²) in [7, 11) is 0. The molecule has 0 aliphatic heterocycles. The Labute approximate surface area is 165 Å². The van der Waals surface area contributed by atoms with Gasteiger partial charge >= 0.3 is 0 Å². The van der Waals surface area contributed by atoms with E-state index >= 15 is 0 Å². The Bertz CT molecular complexity index is 995. The zero-order chi connectivity index (χ0) is 18.5. The largest absolute Gasteiger partial charge is 0.344 e. The lowest BCUT2D eigenvalue weighted by atomic mass is 9.99. The SMILES string of the molecule is O=C(CSc1ncnc2sccc12)NC(c1ccccc1)c1ccccc1. The molecule has 1 N–H and O–H groups in total. The summed E-state index contributed by atoms with van der Waals surface area (Å²) in [6, 6.07) is 21.9. The maximum Gasteiger partial charge on any atom is 0.231 e. The van der Waals surface area contributed by atoms with Crippen molar-refractivity contribution in [2.75, 3.05) is 5.75 Å². The number of fused-ring (bicyclic) bond motifs is 1. The third-order valence-electron chi connectivity index (χ3n) is 4.14. The molecule has 6 heteroatoms. The normalized spacial score (nSPS) is 11.0. The third kappa shape index (κ3) is 4.18. The van der Waals surface area contributed by atoms with Crippen molar-refractivity contribution in [1.82, 2.24) is 15.3 Å². The van der Waals surface area contributed by atoms with Crippen LogP contribution in [0.2, 0.25) is 0 Å². The molecule has 134 valence electrons. The molecular formula is C21H17N3OS2. The summed E-state index contributed by atoms with van der Waals surface area (Å²) in [5.41, 5.74) is 2.12. The Morgan fingerprint density at radius 1 is 0.963 bits per heavy atom. The van der Waals surface area contributed by atoms with Gasteiger partial charge in [-0.3, -0.25) is 4.79 Å². The summed E-state index contributed by atoms with van der Waals surface area (Å²) in [5.74, 6) is 0.276. The van der Waals surface area contributed by atoms with E-state index in [4.69, 9.17) is 0 Å². The van der Waals surface area contributed by atoms with E-state index in [1.807, 2.05) is 72.1 Å². The number of amides is 1.